The average molecular weight is 503 g/mol. The van der Waals surface area contributed by atoms with E-state index >= 15 is 0 Å². The van der Waals surface area contributed by atoms with Gasteiger partial charge in [0.25, 0.3) is 0 Å². The molecule has 2 spiro atoms. The molecular weight excluding hydrogens is 478 g/mol. The maximum Gasteiger partial charge on any atom is 0.402 e. The number of hydrogen-bond donors (Lipinski definition) is 1. The van der Waals surface area contributed by atoms with Gasteiger partial charge in [0, 0.05) is 11.8 Å². The van der Waals surface area contributed by atoms with E-state index in [-0.39, 0.29) is 44.2 Å². The average Bonchev–Trinajstić information content (AvgIpc) is 2.72. The number of ether oxygens (including phenoxy) is 3. The van der Waals surface area contributed by atoms with Gasteiger partial charge in [-0.1, -0.05) is 0 Å². The summed E-state index contributed by atoms with van der Waals surface area (Å²) < 4.78 is 96.2. The highest BCUT2D eigenvalue weighted by molar-refractivity contribution is 7.86. The predicted molar refractivity (Wildman–Crippen MR) is 101 cm³/mol. The van der Waals surface area contributed by atoms with Crippen LogP contribution in [-0.4, -0.2) is 67.2 Å². The van der Waals surface area contributed by atoms with Crippen LogP contribution in [0.2, 0.25) is 0 Å². The lowest BCUT2D eigenvalue weighted by molar-refractivity contribution is -0.391. The first-order valence-corrected chi connectivity index (χ1v) is 12.8. The Bertz CT molecular complexity index is 900. The van der Waals surface area contributed by atoms with E-state index in [2.05, 4.69) is 0 Å². The molecule has 6 fully saturated rings. The molecule has 4 aliphatic carbocycles. The number of rotatable bonds is 4. The first-order valence-electron chi connectivity index (χ1n) is 10.4. The standard InChI is InChI=1S/C18H24F2O10S2/c19-17(20,32(23,24)25)10-26-14(21)16-3-11-1-12(4-16)18(13(2-11)5-16)27-6-15(7-28-18)8-29-31(22)30-9-15/h11-13H,1-10H2,(H,23,24,25). The summed E-state index contributed by atoms with van der Waals surface area (Å²) in [6, 6.07) is 0. The zero-order valence-electron chi connectivity index (χ0n) is 17.0. The summed E-state index contributed by atoms with van der Waals surface area (Å²) in [5.41, 5.74) is -1.57. The lowest BCUT2D eigenvalue weighted by Gasteiger charge is -2.65. The van der Waals surface area contributed by atoms with Gasteiger partial charge in [-0.2, -0.15) is 21.4 Å². The molecule has 182 valence electrons. The highest BCUT2D eigenvalue weighted by atomic mass is 32.2. The third-order valence-electron chi connectivity index (χ3n) is 7.64. The SMILES string of the molecule is O=C(OCC(F)(F)S(=O)(=O)O)C12CC3CC(C1)C1(OCC4(COS(=O)OC4)CO1)C(C3)C2. The van der Waals surface area contributed by atoms with Crippen molar-refractivity contribution in [1.29, 1.82) is 0 Å². The Morgan fingerprint density at radius 3 is 2.16 bits per heavy atom. The van der Waals surface area contributed by atoms with Crippen LogP contribution in [0.25, 0.3) is 0 Å². The smallest absolute Gasteiger partial charge is 0.402 e. The lowest BCUT2D eigenvalue weighted by Crippen LogP contribution is -2.68. The van der Waals surface area contributed by atoms with Crippen molar-refractivity contribution in [3.8, 4) is 0 Å². The number of halogens is 2. The minimum absolute atomic E-state index is 0.153. The molecular formula is C18H24F2O10S2. The monoisotopic (exact) mass is 502 g/mol. The first-order chi connectivity index (χ1) is 14.9. The Balaban J connectivity index is 1.29. The van der Waals surface area contributed by atoms with Crippen molar-refractivity contribution in [1.82, 2.24) is 0 Å². The van der Waals surface area contributed by atoms with Crippen LogP contribution in [0.1, 0.15) is 32.1 Å². The summed E-state index contributed by atoms with van der Waals surface area (Å²) in [5.74, 6) is -1.90. The van der Waals surface area contributed by atoms with Crippen LogP contribution < -0.4 is 0 Å². The van der Waals surface area contributed by atoms with Crippen LogP contribution in [0.5, 0.6) is 0 Å². The molecule has 2 atom stereocenters. The summed E-state index contributed by atoms with van der Waals surface area (Å²) in [6.07, 6.45) is 2.64. The molecule has 4 bridgehead atoms. The molecule has 0 aromatic heterocycles. The molecule has 0 aromatic rings. The number of alkyl halides is 2. The van der Waals surface area contributed by atoms with E-state index in [1.807, 2.05) is 0 Å². The molecule has 2 aliphatic heterocycles. The second kappa shape index (κ2) is 7.36. The Hall–Kier alpha value is -0.770. The second-order valence-corrected chi connectivity index (χ2v) is 12.3. The first kappa shape index (κ1) is 23.0. The topological polar surface area (TPSA) is 135 Å². The van der Waals surface area contributed by atoms with E-state index in [1.54, 1.807) is 0 Å². The van der Waals surface area contributed by atoms with E-state index in [4.69, 9.17) is 27.1 Å². The Labute approximate surface area is 185 Å². The predicted octanol–water partition coefficient (Wildman–Crippen LogP) is 1.19. The maximum atomic E-state index is 13.6. The summed E-state index contributed by atoms with van der Waals surface area (Å²) in [5, 5.41) is -4.57. The van der Waals surface area contributed by atoms with Crippen LogP contribution in [0, 0.1) is 28.6 Å². The van der Waals surface area contributed by atoms with Gasteiger partial charge in [0.05, 0.1) is 37.3 Å². The summed E-state index contributed by atoms with van der Waals surface area (Å²) >= 11 is -1.78. The van der Waals surface area contributed by atoms with Gasteiger partial charge in [-0.15, -0.1) is 0 Å². The molecule has 2 heterocycles. The Morgan fingerprint density at radius 2 is 1.62 bits per heavy atom. The normalized spacial score (nSPS) is 46.0. The molecule has 32 heavy (non-hydrogen) atoms. The molecule has 2 unspecified atom stereocenters. The second-order valence-electron chi connectivity index (χ2n) is 9.84. The summed E-state index contributed by atoms with van der Waals surface area (Å²) in [4.78, 5) is 12.8. The van der Waals surface area contributed by atoms with E-state index in [0.29, 0.717) is 19.3 Å². The minimum atomic E-state index is -5.68. The van der Waals surface area contributed by atoms with Crippen LogP contribution >= 0.6 is 0 Å². The van der Waals surface area contributed by atoms with Gasteiger partial charge in [-0.25, -0.2) is 0 Å². The zero-order chi connectivity index (χ0) is 23.0. The molecule has 6 aliphatic rings. The fraction of sp³-hybridized carbons (Fsp3) is 0.944. The van der Waals surface area contributed by atoms with Crippen molar-refractivity contribution in [2.24, 2.45) is 28.6 Å². The van der Waals surface area contributed by atoms with Crippen LogP contribution in [0.15, 0.2) is 0 Å². The van der Waals surface area contributed by atoms with Gasteiger partial charge in [-0.3, -0.25) is 17.7 Å². The van der Waals surface area contributed by atoms with E-state index in [0.717, 1.165) is 12.8 Å². The van der Waals surface area contributed by atoms with Gasteiger partial charge in [-0.05, 0) is 38.0 Å². The molecule has 0 amide bonds. The third kappa shape index (κ3) is 3.53. The Morgan fingerprint density at radius 1 is 1.06 bits per heavy atom. The van der Waals surface area contributed by atoms with E-state index in [9.17, 15) is 26.2 Å². The van der Waals surface area contributed by atoms with E-state index < -0.39 is 55.9 Å². The van der Waals surface area contributed by atoms with Crippen molar-refractivity contribution < 1.29 is 53.3 Å². The zero-order valence-corrected chi connectivity index (χ0v) is 18.6. The van der Waals surface area contributed by atoms with Crippen molar-refractivity contribution in [2.45, 2.75) is 43.1 Å². The largest absolute Gasteiger partial charge is 0.458 e. The molecule has 6 rings (SSSR count). The lowest BCUT2D eigenvalue weighted by atomic mass is 9.47. The van der Waals surface area contributed by atoms with Gasteiger partial charge < -0.3 is 14.2 Å². The number of carbonyl (C=O) groups is 1. The van der Waals surface area contributed by atoms with Crippen molar-refractivity contribution in [2.75, 3.05) is 33.0 Å². The fourth-order valence-electron chi connectivity index (χ4n) is 6.23. The van der Waals surface area contributed by atoms with E-state index in [1.165, 1.54) is 0 Å². The van der Waals surface area contributed by atoms with Crippen molar-refractivity contribution in [3.63, 3.8) is 0 Å². The molecule has 0 radical (unpaired) electrons. The highest BCUT2D eigenvalue weighted by Crippen LogP contribution is 2.66. The maximum absolute atomic E-state index is 13.6. The molecule has 10 nitrogen and oxygen atoms in total. The van der Waals surface area contributed by atoms with Gasteiger partial charge >= 0.3 is 32.7 Å². The molecule has 1 N–H and O–H groups in total. The minimum Gasteiger partial charge on any atom is -0.458 e. The number of esters is 1. The third-order valence-corrected chi connectivity index (χ3v) is 9.13. The fourth-order valence-corrected chi connectivity index (χ4v) is 7.20. The Kier molecular flexibility index (Phi) is 5.29. The van der Waals surface area contributed by atoms with Gasteiger partial charge in [0.2, 0.25) is 0 Å². The van der Waals surface area contributed by atoms with Crippen LogP contribution in [0.4, 0.5) is 8.78 Å². The number of hydrogen-bond acceptors (Lipinski definition) is 9. The quantitative estimate of drug-likeness (QED) is 0.441. The van der Waals surface area contributed by atoms with Crippen molar-refractivity contribution >= 4 is 27.4 Å². The summed E-state index contributed by atoms with van der Waals surface area (Å²) in [6.45, 7) is -0.827. The molecule has 14 heteroatoms. The van der Waals surface area contributed by atoms with Crippen LogP contribution in [0.3, 0.4) is 0 Å². The summed E-state index contributed by atoms with van der Waals surface area (Å²) in [7, 11) is -5.68. The number of carbonyl (C=O) groups excluding carboxylic acids is 1. The highest BCUT2D eigenvalue weighted by Gasteiger charge is 2.68. The molecule has 2 saturated heterocycles. The molecule has 0 aromatic carbocycles. The molecule has 4 saturated carbocycles. The van der Waals surface area contributed by atoms with Gasteiger partial charge in [0.15, 0.2) is 12.4 Å². The van der Waals surface area contributed by atoms with Gasteiger partial charge in [0.1, 0.15) is 0 Å². The van der Waals surface area contributed by atoms with Crippen LogP contribution in [-0.2, 0) is 48.9 Å². The van der Waals surface area contributed by atoms with Crippen molar-refractivity contribution in [3.05, 3.63) is 0 Å².